The Bertz CT molecular complexity index is 911. The van der Waals surface area contributed by atoms with E-state index in [-0.39, 0.29) is 24.1 Å². The van der Waals surface area contributed by atoms with Crippen molar-refractivity contribution in [2.24, 2.45) is 11.8 Å². The van der Waals surface area contributed by atoms with Gasteiger partial charge in [-0.3, -0.25) is 19.7 Å². The van der Waals surface area contributed by atoms with Gasteiger partial charge in [-0.15, -0.1) is 0 Å². The van der Waals surface area contributed by atoms with Crippen molar-refractivity contribution >= 4 is 17.7 Å². The van der Waals surface area contributed by atoms with Crippen LogP contribution in [-0.4, -0.2) is 54.5 Å². The van der Waals surface area contributed by atoms with Gasteiger partial charge in [0.2, 0.25) is 11.8 Å². The molecule has 5 rings (SSSR count). The number of nitrogens with one attached hydrogen (secondary N) is 2. The van der Waals surface area contributed by atoms with Crippen LogP contribution in [-0.2, 0) is 27.3 Å². The summed E-state index contributed by atoms with van der Waals surface area (Å²) in [4.78, 5) is 38.4. The van der Waals surface area contributed by atoms with E-state index >= 15 is 0 Å². The second-order valence-corrected chi connectivity index (χ2v) is 10.2. The van der Waals surface area contributed by atoms with Crippen molar-refractivity contribution in [3.63, 3.8) is 0 Å². The molecule has 0 bridgehead atoms. The minimum Gasteiger partial charge on any atom is -0.380 e. The molecule has 3 fully saturated rings. The molecule has 3 aliphatic heterocycles. The Balaban J connectivity index is 1.22. The Hall–Kier alpha value is -2.25. The molecule has 2 saturated heterocycles. The summed E-state index contributed by atoms with van der Waals surface area (Å²) in [7, 11) is 0. The molecule has 3 heterocycles. The lowest BCUT2D eigenvalue weighted by Gasteiger charge is -2.34. The first-order chi connectivity index (χ1) is 16.1. The van der Waals surface area contributed by atoms with Crippen molar-refractivity contribution in [3.05, 3.63) is 34.9 Å². The minimum atomic E-state index is -0.552. The lowest BCUT2D eigenvalue weighted by Crippen LogP contribution is -2.52. The number of ether oxygens (including phenoxy) is 1. The Morgan fingerprint density at radius 1 is 1.03 bits per heavy atom. The lowest BCUT2D eigenvalue weighted by molar-refractivity contribution is -0.136. The summed E-state index contributed by atoms with van der Waals surface area (Å²) in [5.41, 5.74) is 2.99. The van der Waals surface area contributed by atoms with Crippen LogP contribution < -0.4 is 10.6 Å². The fourth-order valence-corrected chi connectivity index (χ4v) is 6.10. The summed E-state index contributed by atoms with van der Waals surface area (Å²) in [6.45, 7) is 3.24. The van der Waals surface area contributed by atoms with E-state index in [2.05, 4.69) is 22.8 Å². The number of piperidine rings is 1. The van der Waals surface area contributed by atoms with Crippen molar-refractivity contribution < 1.29 is 19.1 Å². The zero-order valence-corrected chi connectivity index (χ0v) is 19.3. The van der Waals surface area contributed by atoms with E-state index in [9.17, 15) is 14.4 Å². The molecule has 7 nitrogen and oxygen atoms in total. The molecular formula is C26H35N3O4. The molecule has 7 heteroatoms. The fourth-order valence-electron chi connectivity index (χ4n) is 6.10. The maximum Gasteiger partial charge on any atom is 0.255 e. The number of nitrogens with zero attached hydrogens (tertiary/aromatic N) is 1. The van der Waals surface area contributed by atoms with Gasteiger partial charge < -0.3 is 15.0 Å². The van der Waals surface area contributed by atoms with Gasteiger partial charge in [-0.2, -0.15) is 0 Å². The van der Waals surface area contributed by atoms with Crippen LogP contribution in [0.2, 0.25) is 0 Å². The van der Waals surface area contributed by atoms with Gasteiger partial charge in [-0.25, -0.2) is 0 Å². The molecule has 0 radical (unpaired) electrons. The Kier molecular flexibility index (Phi) is 6.79. The number of carbonyl (C=O) groups excluding carboxylic acids is 3. The third-order valence-corrected chi connectivity index (χ3v) is 7.98. The largest absolute Gasteiger partial charge is 0.380 e. The van der Waals surface area contributed by atoms with Crippen LogP contribution in [0, 0.1) is 11.8 Å². The predicted octanol–water partition coefficient (Wildman–Crippen LogP) is 2.57. The number of hydrogen-bond donors (Lipinski definition) is 2. The van der Waals surface area contributed by atoms with Gasteiger partial charge in [-0.1, -0.05) is 25.0 Å². The van der Waals surface area contributed by atoms with Gasteiger partial charge in [0, 0.05) is 31.2 Å². The lowest BCUT2D eigenvalue weighted by atomic mass is 9.76. The summed E-state index contributed by atoms with van der Waals surface area (Å²) in [5, 5.41) is 6.14. The first-order valence-corrected chi connectivity index (χ1v) is 12.7. The average Bonchev–Trinajstić information content (AvgIpc) is 3.14. The third-order valence-electron chi connectivity index (χ3n) is 7.98. The number of rotatable bonds is 6. The van der Waals surface area contributed by atoms with Crippen LogP contribution in [0.4, 0.5) is 0 Å². The maximum absolute atomic E-state index is 13.0. The molecule has 33 heavy (non-hydrogen) atoms. The first-order valence-electron chi connectivity index (χ1n) is 12.7. The quantitative estimate of drug-likeness (QED) is 0.647. The normalized spacial score (nSPS) is 30.3. The highest BCUT2D eigenvalue weighted by molar-refractivity contribution is 6.05. The summed E-state index contributed by atoms with van der Waals surface area (Å²) < 4.78 is 5.62. The molecule has 2 N–H and O–H groups in total. The van der Waals surface area contributed by atoms with Crippen molar-refractivity contribution in [2.45, 2.75) is 76.4 Å². The van der Waals surface area contributed by atoms with Crippen LogP contribution in [0.5, 0.6) is 0 Å². The predicted molar refractivity (Wildman–Crippen MR) is 123 cm³/mol. The van der Waals surface area contributed by atoms with E-state index in [4.69, 9.17) is 4.74 Å². The van der Waals surface area contributed by atoms with E-state index in [1.165, 1.54) is 37.7 Å². The summed E-state index contributed by atoms with van der Waals surface area (Å²) >= 11 is 0. The molecular weight excluding hydrogens is 418 g/mol. The second-order valence-electron chi connectivity index (χ2n) is 10.2. The van der Waals surface area contributed by atoms with Gasteiger partial charge in [0.25, 0.3) is 5.91 Å². The molecule has 4 aliphatic rings. The van der Waals surface area contributed by atoms with Crippen LogP contribution >= 0.6 is 0 Å². The fraction of sp³-hybridized carbons (Fsp3) is 0.654. The molecule has 1 aromatic rings. The molecule has 1 aromatic carbocycles. The van der Waals surface area contributed by atoms with Crippen LogP contribution in [0.3, 0.4) is 0 Å². The zero-order chi connectivity index (χ0) is 22.8. The number of fused-ring (bicyclic) bond motifs is 1. The summed E-state index contributed by atoms with van der Waals surface area (Å²) in [6, 6.07) is 6.15. The van der Waals surface area contributed by atoms with E-state index in [1.807, 2.05) is 6.07 Å². The van der Waals surface area contributed by atoms with Crippen molar-refractivity contribution in [1.82, 2.24) is 15.5 Å². The first kappa shape index (κ1) is 22.5. The Labute approximate surface area is 195 Å². The van der Waals surface area contributed by atoms with Gasteiger partial charge in [0.15, 0.2) is 0 Å². The van der Waals surface area contributed by atoms with Gasteiger partial charge >= 0.3 is 0 Å². The highest BCUT2D eigenvalue weighted by Gasteiger charge is 2.39. The van der Waals surface area contributed by atoms with E-state index < -0.39 is 6.04 Å². The molecule has 178 valence electrons. The Morgan fingerprint density at radius 3 is 2.67 bits per heavy atom. The molecule has 0 aromatic heterocycles. The smallest absolute Gasteiger partial charge is 0.255 e. The molecule has 2 unspecified atom stereocenters. The molecule has 3 amide bonds. The molecule has 1 aliphatic carbocycles. The monoisotopic (exact) mass is 453 g/mol. The van der Waals surface area contributed by atoms with Crippen molar-refractivity contribution in [3.8, 4) is 0 Å². The number of hydrogen-bond acceptors (Lipinski definition) is 5. The molecule has 4 atom stereocenters. The standard InChI is InChI=1S/C26H35N3O4/c30-24-10-9-23(25(31)28-24)29-15-20-13-17(7-8-22(20)26(29)32)12-18-4-1-2-5-19(18)14-27-21-6-3-11-33-16-21/h7-8,13,18-19,21,23,27H,1-6,9-12,14-16H2,(H,28,30,31)/t18-,19-,21?,23?/m1/s1. The maximum atomic E-state index is 13.0. The SMILES string of the molecule is O=C1CCC(N2Cc3cc(C[C@H]4CCCC[C@@H]4CNC4CCCOC4)ccc3C2=O)C(=O)N1. The third kappa shape index (κ3) is 4.99. The Morgan fingerprint density at radius 2 is 1.88 bits per heavy atom. The van der Waals surface area contributed by atoms with Crippen molar-refractivity contribution in [1.29, 1.82) is 0 Å². The summed E-state index contributed by atoms with van der Waals surface area (Å²) in [5.74, 6) is 0.622. The topological polar surface area (TPSA) is 87.7 Å². The average molecular weight is 454 g/mol. The number of imide groups is 1. The van der Waals surface area contributed by atoms with Crippen LogP contribution in [0.15, 0.2) is 18.2 Å². The van der Waals surface area contributed by atoms with E-state index in [1.54, 1.807) is 4.90 Å². The van der Waals surface area contributed by atoms with Crippen LogP contribution in [0.1, 0.15) is 72.9 Å². The van der Waals surface area contributed by atoms with E-state index in [0.29, 0.717) is 36.4 Å². The highest BCUT2D eigenvalue weighted by atomic mass is 16.5. The number of carbonyl (C=O) groups is 3. The van der Waals surface area contributed by atoms with E-state index in [0.717, 1.165) is 38.2 Å². The van der Waals surface area contributed by atoms with Crippen LogP contribution in [0.25, 0.3) is 0 Å². The molecule has 1 saturated carbocycles. The molecule has 0 spiro atoms. The number of benzene rings is 1. The highest BCUT2D eigenvalue weighted by Crippen LogP contribution is 2.34. The van der Waals surface area contributed by atoms with Gasteiger partial charge in [0.05, 0.1) is 6.61 Å². The number of amides is 3. The zero-order valence-electron chi connectivity index (χ0n) is 19.3. The van der Waals surface area contributed by atoms with Crippen molar-refractivity contribution in [2.75, 3.05) is 19.8 Å². The van der Waals surface area contributed by atoms with Gasteiger partial charge in [-0.05, 0) is 74.1 Å². The minimum absolute atomic E-state index is 0.0968. The summed E-state index contributed by atoms with van der Waals surface area (Å²) in [6.07, 6.45) is 9.21. The second kappa shape index (κ2) is 9.94. The van der Waals surface area contributed by atoms with Gasteiger partial charge in [0.1, 0.15) is 6.04 Å².